The van der Waals surface area contributed by atoms with Crippen LogP contribution in [-0.2, 0) is 0 Å². The molecule has 0 aliphatic carbocycles. The van der Waals surface area contributed by atoms with E-state index in [-0.39, 0.29) is 213 Å². The van der Waals surface area contributed by atoms with E-state index in [1.54, 1.807) is 0 Å². The van der Waals surface area contributed by atoms with E-state index in [2.05, 4.69) is 0 Å². The Morgan fingerprint density at radius 3 is 0.118 bits per heavy atom. The highest BCUT2D eigenvalue weighted by molar-refractivity contribution is 8.94. The minimum atomic E-state index is 0. The number of halogens is 10. The first-order valence-electron chi connectivity index (χ1n) is 0. The van der Waals surface area contributed by atoms with Crippen LogP contribution < -0.4 is 43.1 Å². The summed E-state index contributed by atoms with van der Waals surface area (Å²) in [6, 6.07) is 0. The molecule has 0 atom stereocenters. The Balaban J connectivity index is 0. The Morgan fingerprint density at radius 1 is 0.118 bits per heavy atom. The summed E-state index contributed by atoms with van der Waals surface area (Å²) in [5.41, 5.74) is 0. The summed E-state index contributed by atoms with van der Waals surface area (Å²) in [7, 11) is 0. The van der Waals surface area contributed by atoms with Gasteiger partial charge >= 0.3 is 0 Å². The van der Waals surface area contributed by atoms with Crippen LogP contribution in [0, 0.1) is 0 Å². The summed E-state index contributed by atoms with van der Waals surface area (Å²) < 4.78 is 0. The normalized spacial score (nSPS) is 0. The Kier molecular flexibility index (Phi) is 9980. The molecule has 136 valence electrons. The molecule has 0 rings (SSSR count). The molecular weight excluding hydrogens is 897 g/mol. The molecule has 0 heterocycles. The van der Waals surface area contributed by atoms with Gasteiger partial charge in [0.2, 0.25) is 0 Å². The van der Waals surface area contributed by atoms with Gasteiger partial charge in [0.25, 0.3) is 0 Å². The maximum Gasteiger partial charge on any atom is -0.114 e. The highest BCUT2D eigenvalue weighted by atomic mass is 79.9. The minimum Gasteiger partial charge on any atom is -0.344 e. The van der Waals surface area contributed by atoms with E-state index in [9.17, 15) is 0 Å². The van der Waals surface area contributed by atoms with Crippen molar-refractivity contribution in [3.05, 3.63) is 0 Å². The smallest absolute Gasteiger partial charge is 0.114 e. The summed E-state index contributed by atoms with van der Waals surface area (Å²) in [6.45, 7) is 0. The molecule has 7 nitrogen and oxygen atoms in total. The lowest BCUT2D eigenvalue weighted by atomic mass is 14.0. The third-order valence-electron chi connectivity index (χ3n) is 0. The number of hydrogen-bond acceptors (Lipinski definition) is 7. The molecule has 0 aliphatic heterocycles. The van der Waals surface area contributed by atoms with Crippen molar-refractivity contribution in [3.8, 4) is 0 Å². The predicted octanol–water partition coefficient (Wildman–Crippen LogP) is 6.91. The third-order valence-corrected chi connectivity index (χ3v) is 0. The molecule has 0 unspecified atom stereocenters. The summed E-state index contributed by atoms with van der Waals surface area (Å²) in [4.78, 5) is 0. The van der Waals surface area contributed by atoms with Gasteiger partial charge in [-0.3, -0.25) is 0 Å². The average molecular weight is 928 g/mol. The topological polar surface area (TPSA) is 245 Å². The molecule has 0 saturated carbocycles. The van der Waals surface area contributed by atoms with Gasteiger partial charge in [-0.05, 0) is 0 Å². The largest absolute Gasteiger partial charge is 0.344 e. The van der Waals surface area contributed by atoms with Crippen molar-refractivity contribution in [1.29, 1.82) is 0 Å². The van der Waals surface area contributed by atoms with Gasteiger partial charge in [-0.1, -0.05) is 0 Å². The molecule has 0 fully saturated rings. The standard InChI is InChI=1S/10BrH.7H3N/h10*1H;7*1H3. The van der Waals surface area contributed by atoms with Gasteiger partial charge in [-0.15, -0.1) is 170 Å². The van der Waals surface area contributed by atoms with Crippen molar-refractivity contribution in [3.63, 3.8) is 0 Å². The van der Waals surface area contributed by atoms with Gasteiger partial charge in [0.1, 0.15) is 0 Å². The van der Waals surface area contributed by atoms with E-state index in [1.807, 2.05) is 0 Å². The molecule has 21 N–H and O–H groups in total. The maximum absolute atomic E-state index is 0. The zero-order valence-electron chi connectivity index (χ0n) is 9.03. The molecule has 0 saturated heterocycles. The molecule has 0 spiro atoms. The second-order valence-corrected chi connectivity index (χ2v) is 0. The first kappa shape index (κ1) is 444. The van der Waals surface area contributed by atoms with Crippen LogP contribution in [0.2, 0.25) is 0 Å². The Bertz CT molecular complexity index is 16.6. The summed E-state index contributed by atoms with van der Waals surface area (Å²) >= 11 is 0. The van der Waals surface area contributed by atoms with E-state index in [4.69, 9.17) is 0 Å². The van der Waals surface area contributed by atoms with E-state index < -0.39 is 0 Å². The third kappa shape index (κ3) is 344. The quantitative estimate of drug-likeness (QED) is 0.135. The van der Waals surface area contributed by atoms with E-state index in [1.165, 1.54) is 0 Å². The highest BCUT2D eigenvalue weighted by Crippen LogP contribution is 0.855. The van der Waals surface area contributed by atoms with Crippen LogP contribution in [0.15, 0.2) is 0 Å². The molecular formula is H31Br10N7. The van der Waals surface area contributed by atoms with E-state index in [0.29, 0.717) is 0 Å². The lowest BCUT2D eigenvalue weighted by Gasteiger charge is -0.345. The summed E-state index contributed by atoms with van der Waals surface area (Å²) in [5, 5.41) is 0. The monoisotopic (exact) mass is 918 g/mol. The van der Waals surface area contributed by atoms with Gasteiger partial charge in [0, 0.05) is 0 Å². The van der Waals surface area contributed by atoms with Gasteiger partial charge in [0.15, 0.2) is 0 Å². The van der Waals surface area contributed by atoms with Gasteiger partial charge in [-0.2, -0.15) is 0 Å². The first-order valence-corrected chi connectivity index (χ1v) is 0. The maximum atomic E-state index is 0. The minimum absolute atomic E-state index is 0. The van der Waals surface area contributed by atoms with E-state index in [0.717, 1.165) is 0 Å². The van der Waals surface area contributed by atoms with Crippen LogP contribution in [-0.4, -0.2) is 0 Å². The lowest BCUT2D eigenvalue weighted by molar-refractivity contribution is 2.13. The zero-order valence-corrected chi connectivity index (χ0v) is 26.2. The first-order chi connectivity index (χ1) is 0. The van der Waals surface area contributed by atoms with Crippen molar-refractivity contribution < 1.29 is 0 Å². The molecule has 0 aromatic heterocycles. The van der Waals surface area contributed by atoms with Crippen molar-refractivity contribution in [2.75, 3.05) is 0 Å². The fraction of sp³-hybridized carbons (Fsp3) is 0. The second kappa shape index (κ2) is 383. The fourth-order valence-electron chi connectivity index (χ4n) is 0. The SMILES string of the molecule is Br.Br.Br.Br.Br.Br.Br.Br.Br.Br.N.N.N.N.N.N.N. The Hall–Kier alpha value is 4.52. The molecule has 0 aromatic carbocycles. The van der Waals surface area contributed by atoms with Crippen LogP contribution in [0.5, 0.6) is 0 Å². The second-order valence-electron chi connectivity index (χ2n) is 0. The number of rotatable bonds is 0. The Morgan fingerprint density at radius 2 is 0.118 bits per heavy atom. The predicted molar refractivity (Wildman–Crippen MR) is 138 cm³/mol. The molecule has 17 heteroatoms. The van der Waals surface area contributed by atoms with Crippen LogP contribution in [0.25, 0.3) is 0 Å². The molecule has 0 aromatic rings. The molecule has 0 amide bonds. The van der Waals surface area contributed by atoms with Crippen molar-refractivity contribution in [2.45, 2.75) is 0 Å². The van der Waals surface area contributed by atoms with Gasteiger partial charge in [-0.25, -0.2) is 0 Å². The van der Waals surface area contributed by atoms with Crippen LogP contribution in [0.4, 0.5) is 0 Å². The summed E-state index contributed by atoms with van der Waals surface area (Å²) in [6.07, 6.45) is 0. The van der Waals surface area contributed by atoms with Gasteiger partial charge in [0.05, 0.1) is 0 Å². The molecule has 0 aliphatic rings. The van der Waals surface area contributed by atoms with Crippen LogP contribution >= 0.6 is 170 Å². The Labute approximate surface area is 209 Å². The molecule has 17 heavy (non-hydrogen) atoms. The molecule has 0 bridgehead atoms. The zero-order chi connectivity index (χ0) is 0. The van der Waals surface area contributed by atoms with Crippen LogP contribution in [0.3, 0.4) is 0 Å². The number of hydrogen-bond donors (Lipinski definition) is 7. The van der Waals surface area contributed by atoms with Crippen molar-refractivity contribution in [2.24, 2.45) is 0 Å². The summed E-state index contributed by atoms with van der Waals surface area (Å²) in [5.74, 6) is 0. The molecule has 0 radical (unpaired) electrons. The van der Waals surface area contributed by atoms with Crippen molar-refractivity contribution in [1.82, 2.24) is 43.1 Å². The fourth-order valence-corrected chi connectivity index (χ4v) is 0. The van der Waals surface area contributed by atoms with Crippen LogP contribution in [0.1, 0.15) is 0 Å². The van der Waals surface area contributed by atoms with Crippen molar-refractivity contribution >= 4 is 170 Å². The average Bonchev–Trinajstić information content (AvgIpc) is 0. The van der Waals surface area contributed by atoms with Gasteiger partial charge < -0.3 is 43.1 Å². The van der Waals surface area contributed by atoms with E-state index >= 15 is 0 Å². The highest BCUT2D eigenvalue weighted by Gasteiger charge is -0.104. The lowest BCUT2D eigenvalue weighted by Crippen LogP contribution is -0.482.